The van der Waals surface area contributed by atoms with E-state index in [-0.39, 0.29) is 11.8 Å². The molecule has 5 nitrogen and oxygen atoms in total. The topological polar surface area (TPSA) is 67.4 Å². The molecule has 0 saturated heterocycles. The molecule has 0 aliphatic rings. The van der Waals surface area contributed by atoms with Gasteiger partial charge in [0.05, 0.1) is 12.4 Å². The molecule has 2 N–H and O–H groups in total. The molecule has 2 aromatic carbocycles. The second kappa shape index (κ2) is 9.71. The molecule has 0 unspecified atom stereocenters. The molecule has 0 aliphatic heterocycles. The molecular weight excluding hydrogens is 348 g/mol. The maximum atomic E-state index is 12.0. The molecule has 0 spiro atoms. The average molecular weight is 377 g/mol. The van der Waals surface area contributed by atoms with Gasteiger partial charge < -0.3 is 10.1 Å². The fraction of sp³-hybridized carbons (Fsp3) is 0.400. The SMILES string of the molecule is CCOc1cccc(CNCc2ccc(CS(=O)(=O)NC(C)C)cc2)c1. The standard InChI is InChI=1S/C20H28N2O3S/c1-4-25-20-7-5-6-19(12-20)14-21-13-17-8-10-18(11-9-17)15-26(23,24)22-16(2)3/h5-12,16,21-22H,4,13-15H2,1-3H3. The van der Waals surface area contributed by atoms with Crippen molar-refractivity contribution in [3.05, 3.63) is 65.2 Å². The molecule has 0 atom stereocenters. The Balaban J connectivity index is 1.85. The Morgan fingerprint density at radius 3 is 2.27 bits per heavy atom. The number of rotatable bonds is 10. The fourth-order valence-electron chi connectivity index (χ4n) is 2.64. The molecule has 0 saturated carbocycles. The van der Waals surface area contributed by atoms with E-state index in [9.17, 15) is 8.42 Å². The van der Waals surface area contributed by atoms with Crippen LogP contribution in [0.15, 0.2) is 48.5 Å². The molecule has 6 heteroatoms. The lowest BCUT2D eigenvalue weighted by molar-refractivity contribution is 0.340. The van der Waals surface area contributed by atoms with Crippen LogP contribution in [0, 0.1) is 0 Å². The van der Waals surface area contributed by atoms with E-state index >= 15 is 0 Å². The Morgan fingerprint density at radius 2 is 1.62 bits per heavy atom. The van der Waals surface area contributed by atoms with E-state index in [1.165, 1.54) is 5.56 Å². The Bertz CT molecular complexity index is 787. The molecule has 0 bridgehead atoms. The Labute approximate surface area is 156 Å². The molecule has 0 aromatic heterocycles. The number of nitrogens with one attached hydrogen (secondary N) is 2. The van der Waals surface area contributed by atoms with Crippen LogP contribution in [-0.4, -0.2) is 21.1 Å². The van der Waals surface area contributed by atoms with E-state index < -0.39 is 10.0 Å². The van der Waals surface area contributed by atoms with Gasteiger partial charge in [0.25, 0.3) is 0 Å². The molecule has 26 heavy (non-hydrogen) atoms. The summed E-state index contributed by atoms with van der Waals surface area (Å²) in [6.45, 7) is 7.72. The Morgan fingerprint density at radius 1 is 0.962 bits per heavy atom. The zero-order valence-corrected chi connectivity index (χ0v) is 16.5. The van der Waals surface area contributed by atoms with Gasteiger partial charge in [0.2, 0.25) is 10.0 Å². The molecule has 142 valence electrons. The second-order valence-electron chi connectivity index (χ2n) is 6.53. The predicted octanol–water partition coefficient (Wildman–Crippen LogP) is 3.20. The van der Waals surface area contributed by atoms with Crippen LogP contribution in [-0.2, 0) is 28.9 Å². The van der Waals surface area contributed by atoms with Crippen molar-refractivity contribution in [2.24, 2.45) is 0 Å². The summed E-state index contributed by atoms with van der Waals surface area (Å²) in [5.41, 5.74) is 3.06. The maximum Gasteiger partial charge on any atom is 0.216 e. The van der Waals surface area contributed by atoms with Crippen molar-refractivity contribution in [3.63, 3.8) is 0 Å². The van der Waals surface area contributed by atoms with Gasteiger partial charge in [-0.3, -0.25) is 0 Å². The van der Waals surface area contributed by atoms with Crippen LogP contribution in [0.5, 0.6) is 5.75 Å². The molecule has 2 aromatic rings. The van der Waals surface area contributed by atoms with Crippen molar-refractivity contribution in [1.82, 2.24) is 10.0 Å². The Hall–Kier alpha value is -1.89. The van der Waals surface area contributed by atoms with Crippen molar-refractivity contribution < 1.29 is 13.2 Å². The van der Waals surface area contributed by atoms with Gasteiger partial charge in [-0.25, -0.2) is 13.1 Å². The van der Waals surface area contributed by atoms with E-state index in [0.717, 1.165) is 30.0 Å². The maximum absolute atomic E-state index is 12.0. The third kappa shape index (κ3) is 7.15. The van der Waals surface area contributed by atoms with E-state index in [2.05, 4.69) is 16.1 Å². The first-order valence-electron chi connectivity index (χ1n) is 8.88. The first kappa shape index (κ1) is 20.4. The minimum atomic E-state index is -3.29. The summed E-state index contributed by atoms with van der Waals surface area (Å²) < 4.78 is 32.0. The Kier molecular flexibility index (Phi) is 7.63. The third-order valence-corrected chi connectivity index (χ3v) is 5.21. The van der Waals surface area contributed by atoms with Gasteiger partial charge in [-0.05, 0) is 49.6 Å². The van der Waals surface area contributed by atoms with Crippen LogP contribution in [0.3, 0.4) is 0 Å². The van der Waals surface area contributed by atoms with Gasteiger partial charge in [0.15, 0.2) is 0 Å². The van der Waals surface area contributed by atoms with E-state index in [1.54, 1.807) is 0 Å². The van der Waals surface area contributed by atoms with Gasteiger partial charge >= 0.3 is 0 Å². The van der Waals surface area contributed by atoms with Gasteiger partial charge in [0, 0.05) is 19.1 Å². The summed E-state index contributed by atoms with van der Waals surface area (Å²) in [4.78, 5) is 0. The van der Waals surface area contributed by atoms with Gasteiger partial charge in [-0.1, -0.05) is 36.4 Å². The average Bonchev–Trinajstić information content (AvgIpc) is 2.56. The number of hydrogen-bond acceptors (Lipinski definition) is 4. The highest BCUT2D eigenvalue weighted by Crippen LogP contribution is 2.13. The number of hydrogen-bond donors (Lipinski definition) is 2. The fourth-order valence-corrected chi connectivity index (χ4v) is 4.07. The van der Waals surface area contributed by atoms with Crippen LogP contribution < -0.4 is 14.8 Å². The monoisotopic (exact) mass is 376 g/mol. The lowest BCUT2D eigenvalue weighted by Crippen LogP contribution is -2.31. The first-order chi connectivity index (χ1) is 12.4. The summed E-state index contributed by atoms with van der Waals surface area (Å²) in [5, 5.41) is 3.39. The number of sulfonamides is 1. The normalized spacial score (nSPS) is 11.7. The van der Waals surface area contributed by atoms with E-state index in [1.807, 2.05) is 63.2 Å². The first-order valence-corrected chi connectivity index (χ1v) is 10.5. The minimum Gasteiger partial charge on any atom is -0.494 e. The summed E-state index contributed by atoms with van der Waals surface area (Å²) in [5.74, 6) is 0.885. The molecule has 0 radical (unpaired) electrons. The lowest BCUT2D eigenvalue weighted by Gasteiger charge is -2.10. The van der Waals surface area contributed by atoms with E-state index in [4.69, 9.17) is 4.74 Å². The molecule has 0 fully saturated rings. The number of ether oxygens (including phenoxy) is 1. The minimum absolute atomic E-state index is 0.00308. The molecule has 0 aliphatic carbocycles. The van der Waals surface area contributed by atoms with Crippen LogP contribution in [0.1, 0.15) is 37.5 Å². The van der Waals surface area contributed by atoms with Gasteiger partial charge in [-0.2, -0.15) is 0 Å². The van der Waals surface area contributed by atoms with Crippen LogP contribution in [0.4, 0.5) is 0 Å². The summed E-state index contributed by atoms with van der Waals surface area (Å²) in [6, 6.07) is 15.6. The van der Waals surface area contributed by atoms with Crippen molar-refractivity contribution in [3.8, 4) is 5.75 Å². The van der Waals surface area contributed by atoms with Crippen molar-refractivity contribution in [2.45, 2.75) is 45.7 Å². The molecule has 0 heterocycles. The largest absolute Gasteiger partial charge is 0.494 e. The van der Waals surface area contributed by atoms with Gasteiger partial charge in [0.1, 0.15) is 5.75 Å². The second-order valence-corrected chi connectivity index (χ2v) is 8.29. The summed E-state index contributed by atoms with van der Waals surface area (Å²) >= 11 is 0. The van der Waals surface area contributed by atoms with Crippen LogP contribution in [0.2, 0.25) is 0 Å². The van der Waals surface area contributed by atoms with Gasteiger partial charge in [-0.15, -0.1) is 0 Å². The van der Waals surface area contributed by atoms with Crippen molar-refractivity contribution in [2.75, 3.05) is 6.61 Å². The smallest absolute Gasteiger partial charge is 0.216 e. The summed E-state index contributed by atoms with van der Waals surface area (Å²) in [6.07, 6.45) is 0. The zero-order valence-electron chi connectivity index (χ0n) is 15.7. The highest BCUT2D eigenvalue weighted by atomic mass is 32.2. The molecular formula is C20H28N2O3S. The highest BCUT2D eigenvalue weighted by Gasteiger charge is 2.12. The van der Waals surface area contributed by atoms with Crippen molar-refractivity contribution >= 4 is 10.0 Å². The van der Waals surface area contributed by atoms with Crippen molar-refractivity contribution in [1.29, 1.82) is 0 Å². The molecule has 0 amide bonds. The third-order valence-electron chi connectivity index (χ3n) is 3.66. The van der Waals surface area contributed by atoms with Crippen LogP contribution in [0.25, 0.3) is 0 Å². The molecule has 2 rings (SSSR count). The summed E-state index contributed by atoms with van der Waals surface area (Å²) in [7, 11) is -3.29. The lowest BCUT2D eigenvalue weighted by atomic mass is 10.1. The van der Waals surface area contributed by atoms with E-state index in [0.29, 0.717) is 6.61 Å². The number of benzene rings is 2. The predicted molar refractivity (Wildman–Crippen MR) is 105 cm³/mol. The van der Waals surface area contributed by atoms with Crippen LogP contribution >= 0.6 is 0 Å². The highest BCUT2D eigenvalue weighted by molar-refractivity contribution is 7.88. The quantitative estimate of drug-likeness (QED) is 0.668. The zero-order chi connectivity index (χ0) is 19.0.